The van der Waals surface area contributed by atoms with Crippen molar-refractivity contribution in [3.8, 4) is 11.4 Å². The standard InChI is InChI=1S/C17H14F3N5O/c1-12-2-6-14(7-3-12)25-16(22-23-24-25)10-11-21-13-4-8-15(9-5-13)26-17(18,19)20/h2-11,21H,1H3. The van der Waals surface area contributed by atoms with Crippen LogP contribution in [0.3, 0.4) is 0 Å². The molecule has 0 aliphatic heterocycles. The lowest BCUT2D eigenvalue weighted by Gasteiger charge is -2.09. The maximum Gasteiger partial charge on any atom is 0.573 e. The van der Waals surface area contributed by atoms with Crippen LogP contribution < -0.4 is 10.1 Å². The number of tetrazole rings is 1. The van der Waals surface area contributed by atoms with Gasteiger partial charge < -0.3 is 10.1 Å². The first kappa shape index (κ1) is 17.5. The first-order valence-electron chi connectivity index (χ1n) is 7.55. The molecule has 0 saturated carbocycles. The Kier molecular flexibility index (Phi) is 4.87. The molecule has 6 nitrogen and oxygen atoms in total. The number of ether oxygens (including phenoxy) is 1. The van der Waals surface area contributed by atoms with Crippen LogP contribution in [-0.4, -0.2) is 26.6 Å². The summed E-state index contributed by atoms with van der Waals surface area (Å²) in [7, 11) is 0. The number of halogens is 3. The Morgan fingerprint density at radius 2 is 1.73 bits per heavy atom. The van der Waals surface area contributed by atoms with Gasteiger partial charge in [0.15, 0.2) is 5.82 Å². The van der Waals surface area contributed by atoms with E-state index in [1.807, 2.05) is 31.2 Å². The van der Waals surface area contributed by atoms with E-state index in [4.69, 9.17) is 0 Å². The molecule has 134 valence electrons. The highest BCUT2D eigenvalue weighted by Gasteiger charge is 2.30. The van der Waals surface area contributed by atoms with Gasteiger partial charge in [-0.1, -0.05) is 17.7 Å². The molecule has 1 aromatic heterocycles. The average molecular weight is 361 g/mol. The van der Waals surface area contributed by atoms with Gasteiger partial charge in [0, 0.05) is 18.0 Å². The maximum atomic E-state index is 12.1. The molecule has 0 aliphatic carbocycles. The predicted molar refractivity (Wildman–Crippen MR) is 89.7 cm³/mol. The molecule has 0 aliphatic rings. The van der Waals surface area contributed by atoms with Crippen LogP contribution >= 0.6 is 0 Å². The molecule has 2 aromatic carbocycles. The number of aryl methyl sites for hydroxylation is 1. The molecule has 0 unspecified atom stereocenters. The highest BCUT2D eigenvalue weighted by atomic mass is 19.4. The van der Waals surface area contributed by atoms with Crippen LogP contribution in [0.25, 0.3) is 11.8 Å². The van der Waals surface area contributed by atoms with Gasteiger partial charge in [-0.15, -0.1) is 18.3 Å². The minimum absolute atomic E-state index is 0.282. The van der Waals surface area contributed by atoms with Gasteiger partial charge in [-0.05, 0) is 53.7 Å². The van der Waals surface area contributed by atoms with Crippen LogP contribution in [0.1, 0.15) is 11.4 Å². The number of benzene rings is 2. The maximum absolute atomic E-state index is 12.1. The van der Waals surface area contributed by atoms with Crippen molar-refractivity contribution in [2.75, 3.05) is 5.32 Å². The fraction of sp³-hybridized carbons (Fsp3) is 0.118. The fourth-order valence-electron chi connectivity index (χ4n) is 2.13. The van der Waals surface area contributed by atoms with Crippen molar-refractivity contribution >= 4 is 11.8 Å². The van der Waals surface area contributed by atoms with E-state index in [2.05, 4.69) is 25.6 Å². The Morgan fingerprint density at radius 3 is 2.38 bits per heavy atom. The van der Waals surface area contributed by atoms with Gasteiger partial charge in [-0.2, -0.15) is 4.68 Å². The van der Waals surface area contributed by atoms with Crippen LogP contribution in [-0.2, 0) is 0 Å². The Balaban J connectivity index is 1.66. The zero-order valence-electron chi connectivity index (χ0n) is 13.6. The molecule has 0 saturated heterocycles. The lowest BCUT2D eigenvalue weighted by Crippen LogP contribution is -2.16. The molecule has 1 heterocycles. The van der Waals surface area contributed by atoms with Crippen molar-refractivity contribution in [3.63, 3.8) is 0 Å². The van der Waals surface area contributed by atoms with Gasteiger partial charge >= 0.3 is 6.36 Å². The number of nitrogens with one attached hydrogen (secondary N) is 1. The minimum atomic E-state index is -4.71. The molecule has 3 rings (SSSR count). The zero-order valence-corrected chi connectivity index (χ0v) is 13.6. The molecule has 26 heavy (non-hydrogen) atoms. The number of anilines is 1. The van der Waals surface area contributed by atoms with Crippen LogP contribution in [0.5, 0.6) is 5.75 Å². The molecule has 0 fully saturated rings. The van der Waals surface area contributed by atoms with Crippen LogP contribution in [0.2, 0.25) is 0 Å². The van der Waals surface area contributed by atoms with Gasteiger partial charge in [0.1, 0.15) is 5.75 Å². The lowest BCUT2D eigenvalue weighted by atomic mass is 10.2. The molecule has 0 radical (unpaired) electrons. The zero-order chi connectivity index (χ0) is 18.6. The van der Waals surface area contributed by atoms with E-state index >= 15 is 0 Å². The highest BCUT2D eigenvalue weighted by molar-refractivity contribution is 5.53. The molecule has 3 aromatic rings. The van der Waals surface area contributed by atoms with E-state index in [1.165, 1.54) is 24.3 Å². The van der Waals surface area contributed by atoms with Crippen LogP contribution in [0, 0.1) is 6.92 Å². The number of nitrogens with zero attached hydrogens (tertiary/aromatic N) is 4. The summed E-state index contributed by atoms with van der Waals surface area (Å²) in [6, 6.07) is 13.1. The van der Waals surface area contributed by atoms with Gasteiger partial charge in [-0.25, -0.2) is 0 Å². The number of rotatable bonds is 5. The van der Waals surface area contributed by atoms with Crippen molar-refractivity contribution in [1.29, 1.82) is 0 Å². The second-order valence-electron chi connectivity index (χ2n) is 5.33. The number of hydrogen-bond donors (Lipinski definition) is 1. The topological polar surface area (TPSA) is 64.9 Å². The fourth-order valence-corrected chi connectivity index (χ4v) is 2.13. The van der Waals surface area contributed by atoms with Gasteiger partial charge in [0.25, 0.3) is 0 Å². The monoisotopic (exact) mass is 361 g/mol. The van der Waals surface area contributed by atoms with Crippen molar-refractivity contribution in [1.82, 2.24) is 20.2 Å². The molecule has 0 atom stereocenters. The molecule has 0 bridgehead atoms. The number of hydrogen-bond acceptors (Lipinski definition) is 5. The third kappa shape index (κ3) is 4.59. The van der Waals surface area contributed by atoms with Crippen molar-refractivity contribution in [3.05, 3.63) is 66.1 Å². The molecular weight excluding hydrogens is 347 g/mol. The SMILES string of the molecule is Cc1ccc(-n2nnnc2C=CNc2ccc(OC(F)(F)F)cc2)cc1. The summed E-state index contributed by atoms with van der Waals surface area (Å²) in [4.78, 5) is 0. The third-order valence-electron chi connectivity index (χ3n) is 3.34. The van der Waals surface area contributed by atoms with E-state index in [9.17, 15) is 13.2 Å². The smallest absolute Gasteiger partial charge is 0.406 e. The Labute approximate surface area is 146 Å². The summed E-state index contributed by atoms with van der Waals surface area (Å²) < 4.78 is 41.8. The second kappa shape index (κ2) is 7.26. The highest BCUT2D eigenvalue weighted by Crippen LogP contribution is 2.24. The first-order chi connectivity index (χ1) is 12.4. The van der Waals surface area contributed by atoms with E-state index < -0.39 is 6.36 Å². The second-order valence-corrected chi connectivity index (χ2v) is 5.33. The first-order valence-corrected chi connectivity index (χ1v) is 7.55. The number of aromatic nitrogens is 4. The van der Waals surface area contributed by atoms with E-state index in [0.717, 1.165) is 11.3 Å². The number of alkyl halides is 3. The average Bonchev–Trinajstić information content (AvgIpc) is 3.04. The Hall–Kier alpha value is -3.36. The quantitative estimate of drug-likeness (QED) is 0.745. The summed E-state index contributed by atoms with van der Waals surface area (Å²) in [6.07, 6.45) is -1.46. The van der Waals surface area contributed by atoms with Gasteiger partial charge in [-0.3, -0.25) is 0 Å². The Morgan fingerprint density at radius 1 is 1.04 bits per heavy atom. The van der Waals surface area contributed by atoms with E-state index in [1.54, 1.807) is 17.0 Å². The van der Waals surface area contributed by atoms with Crippen molar-refractivity contribution < 1.29 is 17.9 Å². The third-order valence-corrected chi connectivity index (χ3v) is 3.34. The summed E-state index contributed by atoms with van der Waals surface area (Å²) in [5.74, 6) is 0.216. The molecule has 1 N–H and O–H groups in total. The minimum Gasteiger partial charge on any atom is -0.406 e. The molecule has 0 amide bonds. The van der Waals surface area contributed by atoms with E-state index in [0.29, 0.717) is 11.5 Å². The summed E-state index contributed by atoms with van der Waals surface area (Å²) in [5.41, 5.74) is 2.53. The summed E-state index contributed by atoms with van der Waals surface area (Å²) in [6.45, 7) is 1.99. The molecule has 9 heteroatoms. The molecule has 0 spiro atoms. The van der Waals surface area contributed by atoms with Crippen LogP contribution in [0.15, 0.2) is 54.7 Å². The van der Waals surface area contributed by atoms with Crippen molar-refractivity contribution in [2.45, 2.75) is 13.3 Å². The summed E-state index contributed by atoms with van der Waals surface area (Å²) >= 11 is 0. The van der Waals surface area contributed by atoms with Gasteiger partial charge in [0.2, 0.25) is 0 Å². The van der Waals surface area contributed by atoms with Gasteiger partial charge in [0.05, 0.1) is 5.69 Å². The largest absolute Gasteiger partial charge is 0.573 e. The van der Waals surface area contributed by atoms with E-state index in [-0.39, 0.29) is 5.75 Å². The summed E-state index contributed by atoms with van der Waals surface area (Å²) in [5, 5.41) is 14.5. The molecular formula is C17H14F3N5O. The lowest BCUT2D eigenvalue weighted by molar-refractivity contribution is -0.274. The Bertz CT molecular complexity index is 886. The normalized spacial score (nSPS) is 11.7. The van der Waals surface area contributed by atoms with Crippen molar-refractivity contribution in [2.24, 2.45) is 0 Å². The predicted octanol–water partition coefficient (Wildman–Crippen LogP) is 3.95. The van der Waals surface area contributed by atoms with Crippen LogP contribution in [0.4, 0.5) is 18.9 Å².